The van der Waals surface area contributed by atoms with Crippen LogP contribution >= 0.6 is 0 Å². The average molecular weight is 362 g/mol. The van der Waals surface area contributed by atoms with Crippen LogP contribution < -0.4 is 0 Å². The van der Waals surface area contributed by atoms with Crippen molar-refractivity contribution in [3.63, 3.8) is 0 Å². The summed E-state index contributed by atoms with van der Waals surface area (Å²) in [5, 5.41) is 0. The third kappa shape index (κ3) is 4.37. The summed E-state index contributed by atoms with van der Waals surface area (Å²) in [6, 6.07) is 11.1. The van der Waals surface area contributed by atoms with Crippen LogP contribution in [0.2, 0.25) is 0 Å². The maximum Gasteiger partial charge on any atom is 0.123 e. The lowest BCUT2D eigenvalue weighted by atomic mass is 9.91. The molecule has 1 aliphatic heterocycles. The molecule has 3 aromatic rings. The number of rotatable bonds is 4. The summed E-state index contributed by atoms with van der Waals surface area (Å²) < 4.78 is 13.1. The van der Waals surface area contributed by atoms with Crippen LogP contribution in [0.3, 0.4) is 0 Å². The first-order valence-corrected chi connectivity index (χ1v) is 9.38. The van der Waals surface area contributed by atoms with E-state index in [0.29, 0.717) is 5.92 Å². The largest absolute Gasteiger partial charge is 0.299 e. The molecule has 0 aliphatic carbocycles. The number of aromatic nitrogens is 3. The van der Waals surface area contributed by atoms with E-state index >= 15 is 0 Å². The Hall–Kier alpha value is -2.66. The molecule has 138 valence electrons. The predicted molar refractivity (Wildman–Crippen MR) is 104 cm³/mol. The number of hydrogen-bond donors (Lipinski definition) is 0. The zero-order chi connectivity index (χ0) is 18.6. The minimum absolute atomic E-state index is 0.178. The van der Waals surface area contributed by atoms with Gasteiger partial charge in [0.25, 0.3) is 0 Å². The van der Waals surface area contributed by atoms with Crippen molar-refractivity contribution in [3.8, 4) is 11.1 Å². The van der Waals surface area contributed by atoms with Gasteiger partial charge in [0.1, 0.15) is 12.1 Å². The summed E-state index contributed by atoms with van der Waals surface area (Å²) in [6.45, 7) is 4.98. The van der Waals surface area contributed by atoms with E-state index in [1.807, 2.05) is 31.5 Å². The molecule has 0 saturated carbocycles. The number of piperidine rings is 1. The molecule has 1 aliphatic rings. The molecule has 1 aromatic carbocycles. The number of aryl methyl sites for hydroxylation is 1. The number of likely N-dealkylation sites (tertiary alicyclic amines) is 1. The molecule has 1 fully saturated rings. The molecule has 0 radical (unpaired) electrons. The standard InChI is InChI=1S/C22H23FN4/c1-16-10-19(20-12-24-15-25-13-20)11-22(26-16)18-6-8-27(9-7-18)14-17-2-4-21(23)5-3-17/h2-5,10-13,15,18H,6-9,14H2,1H3. The van der Waals surface area contributed by atoms with Crippen molar-refractivity contribution in [2.45, 2.75) is 32.2 Å². The first-order chi connectivity index (χ1) is 13.2. The van der Waals surface area contributed by atoms with E-state index in [9.17, 15) is 4.39 Å². The molecule has 0 atom stereocenters. The number of halogens is 1. The minimum Gasteiger partial charge on any atom is -0.299 e. The van der Waals surface area contributed by atoms with E-state index in [1.165, 1.54) is 12.1 Å². The average Bonchev–Trinajstić information content (AvgIpc) is 2.70. The van der Waals surface area contributed by atoms with Crippen LogP contribution in [-0.2, 0) is 6.54 Å². The van der Waals surface area contributed by atoms with Crippen molar-refractivity contribution in [2.75, 3.05) is 13.1 Å². The lowest BCUT2D eigenvalue weighted by Gasteiger charge is -2.32. The Bertz CT molecular complexity index is 888. The van der Waals surface area contributed by atoms with Crippen LogP contribution in [0.5, 0.6) is 0 Å². The topological polar surface area (TPSA) is 41.9 Å². The maximum absolute atomic E-state index is 13.1. The lowest BCUT2D eigenvalue weighted by Crippen LogP contribution is -2.32. The van der Waals surface area contributed by atoms with Gasteiger partial charge in [0.2, 0.25) is 0 Å². The van der Waals surface area contributed by atoms with Gasteiger partial charge in [-0.05, 0) is 68.2 Å². The molecule has 0 N–H and O–H groups in total. The van der Waals surface area contributed by atoms with Gasteiger partial charge in [0.05, 0.1) is 0 Å². The highest BCUT2D eigenvalue weighted by molar-refractivity contribution is 5.62. The van der Waals surface area contributed by atoms with E-state index in [-0.39, 0.29) is 5.82 Å². The zero-order valence-electron chi connectivity index (χ0n) is 15.5. The van der Waals surface area contributed by atoms with E-state index in [2.05, 4.69) is 27.0 Å². The third-order valence-corrected chi connectivity index (χ3v) is 5.19. The molecule has 27 heavy (non-hydrogen) atoms. The first-order valence-electron chi connectivity index (χ1n) is 9.38. The predicted octanol–water partition coefficient (Wildman–Crippen LogP) is 4.37. The number of benzene rings is 1. The van der Waals surface area contributed by atoms with Gasteiger partial charge in [0.15, 0.2) is 0 Å². The summed E-state index contributed by atoms with van der Waals surface area (Å²) in [6.07, 6.45) is 7.41. The Morgan fingerprint density at radius 1 is 1.00 bits per heavy atom. The maximum atomic E-state index is 13.1. The summed E-state index contributed by atoms with van der Waals surface area (Å²) in [4.78, 5) is 15.5. The highest BCUT2D eigenvalue weighted by atomic mass is 19.1. The molecule has 4 rings (SSSR count). The molecule has 0 amide bonds. The van der Waals surface area contributed by atoms with Gasteiger partial charge >= 0.3 is 0 Å². The van der Waals surface area contributed by atoms with Gasteiger partial charge in [-0.3, -0.25) is 9.88 Å². The Labute approximate surface area is 159 Å². The smallest absolute Gasteiger partial charge is 0.123 e. The quantitative estimate of drug-likeness (QED) is 0.691. The Morgan fingerprint density at radius 2 is 1.70 bits per heavy atom. The van der Waals surface area contributed by atoms with Gasteiger partial charge in [-0.15, -0.1) is 0 Å². The van der Waals surface area contributed by atoms with Crippen molar-refractivity contribution in [1.82, 2.24) is 19.9 Å². The number of pyridine rings is 1. The number of hydrogen-bond acceptors (Lipinski definition) is 4. The zero-order valence-corrected chi connectivity index (χ0v) is 15.5. The SMILES string of the molecule is Cc1cc(-c2cncnc2)cc(C2CCN(Cc3ccc(F)cc3)CC2)n1. The van der Waals surface area contributed by atoms with Crippen LogP contribution in [-0.4, -0.2) is 32.9 Å². The normalized spacial score (nSPS) is 15.8. The summed E-state index contributed by atoms with van der Waals surface area (Å²) in [5.41, 5.74) is 5.51. The van der Waals surface area contributed by atoms with Crippen LogP contribution in [0.4, 0.5) is 4.39 Å². The second-order valence-electron chi connectivity index (χ2n) is 7.23. The monoisotopic (exact) mass is 362 g/mol. The van der Waals surface area contributed by atoms with Crippen molar-refractivity contribution < 1.29 is 4.39 Å². The van der Waals surface area contributed by atoms with Gasteiger partial charge in [0, 0.05) is 41.8 Å². The highest BCUT2D eigenvalue weighted by Gasteiger charge is 2.22. The highest BCUT2D eigenvalue weighted by Crippen LogP contribution is 2.30. The van der Waals surface area contributed by atoms with Crippen molar-refractivity contribution >= 4 is 0 Å². The first kappa shape index (κ1) is 17.7. The van der Waals surface area contributed by atoms with E-state index < -0.39 is 0 Å². The Morgan fingerprint density at radius 3 is 2.41 bits per heavy atom. The van der Waals surface area contributed by atoms with Gasteiger partial charge in [-0.2, -0.15) is 0 Å². The molecule has 5 heteroatoms. The molecule has 0 spiro atoms. The lowest BCUT2D eigenvalue weighted by molar-refractivity contribution is 0.203. The van der Waals surface area contributed by atoms with Gasteiger partial charge in [-0.1, -0.05) is 12.1 Å². The number of nitrogens with zero attached hydrogens (tertiary/aromatic N) is 4. The van der Waals surface area contributed by atoms with Crippen LogP contribution in [0.1, 0.15) is 35.7 Å². The van der Waals surface area contributed by atoms with E-state index in [4.69, 9.17) is 4.98 Å². The van der Waals surface area contributed by atoms with Gasteiger partial charge in [-0.25, -0.2) is 14.4 Å². The Balaban J connectivity index is 1.43. The fraction of sp³-hybridized carbons (Fsp3) is 0.318. The van der Waals surface area contributed by atoms with Crippen LogP contribution in [0, 0.1) is 12.7 Å². The summed E-state index contributed by atoms with van der Waals surface area (Å²) in [7, 11) is 0. The molecule has 3 heterocycles. The molecule has 0 bridgehead atoms. The van der Waals surface area contributed by atoms with Crippen LogP contribution in [0.25, 0.3) is 11.1 Å². The molecule has 4 nitrogen and oxygen atoms in total. The van der Waals surface area contributed by atoms with E-state index in [1.54, 1.807) is 6.33 Å². The molecular formula is C22H23FN4. The minimum atomic E-state index is -0.178. The van der Waals surface area contributed by atoms with Gasteiger partial charge < -0.3 is 0 Å². The second kappa shape index (κ2) is 7.92. The molecule has 0 unspecified atom stereocenters. The third-order valence-electron chi connectivity index (χ3n) is 5.19. The van der Waals surface area contributed by atoms with Crippen molar-refractivity contribution in [1.29, 1.82) is 0 Å². The van der Waals surface area contributed by atoms with E-state index in [0.717, 1.165) is 60.6 Å². The molecule has 1 saturated heterocycles. The molecular weight excluding hydrogens is 339 g/mol. The van der Waals surface area contributed by atoms with Crippen LogP contribution in [0.15, 0.2) is 55.1 Å². The van der Waals surface area contributed by atoms with Crippen molar-refractivity contribution in [3.05, 3.63) is 77.9 Å². The Kier molecular flexibility index (Phi) is 5.21. The molecule has 2 aromatic heterocycles. The van der Waals surface area contributed by atoms with Crippen molar-refractivity contribution in [2.24, 2.45) is 0 Å². The summed E-state index contributed by atoms with van der Waals surface area (Å²) >= 11 is 0. The summed E-state index contributed by atoms with van der Waals surface area (Å²) in [5.74, 6) is 0.292. The fourth-order valence-electron chi connectivity index (χ4n) is 3.75. The second-order valence-corrected chi connectivity index (χ2v) is 7.23. The fourth-order valence-corrected chi connectivity index (χ4v) is 3.75.